The molecule has 3 rings (SSSR count). The molecular weight excluding hydrogens is 286 g/mol. The monoisotopic (exact) mass is 309 g/mol. The molecule has 0 N–H and O–H groups in total. The second kappa shape index (κ2) is 7.82. The van der Waals surface area contributed by atoms with Crippen molar-refractivity contribution in [2.45, 2.75) is 39.2 Å². The molecule has 1 aliphatic carbocycles. The average molecular weight is 309 g/mol. The van der Waals surface area contributed by atoms with Crippen molar-refractivity contribution in [3.05, 3.63) is 77.7 Å². The molecule has 0 aliphatic heterocycles. The number of hydrogen-bond acceptors (Lipinski definition) is 3. The molecule has 1 atom stereocenters. The molecule has 1 unspecified atom stereocenters. The Morgan fingerprint density at radius 1 is 1.26 bits per heavy atom. The Bertz CT molecular complexity index is 670. The van der Waals surface area contributed by atoms with Crippen LogP contribution in [-0.2, 0) is 17.8 Å². The molecule has 1 aromatic carbocycles. The summed E-state index contributed by atoms with van der Waals surface area (Å²) in [5.74, 6) is 3.27. The van der Waals surface area contributed by atoms with Gasteiger partial charge in [-0.3, -0.25) is 0 Å². The number of aryl methyl sites for hydroxylation is 1. The van der Waals surface area contributed by atoms with Gasteiger partial charge in [0.25, 0.3) is 0 Å². The van der Waals surface area contributed by atoms with Crippen LogP contribution in [0.4, 0.5) is 0 Å². The predicted octanol–water partition coefficient (Wildman–Crippen LogP) is 4.98. The van der Waals surface area contributed by atoms with Crippen LogP contribution in [0.3, 0.4) is 0 Å². The maximum Gasteiger partial charge on any atom is 0.194 e. The van der Waals surface area contributed by atoms with Crippen LogP contribution in [0.25, 0.3) is 0 Å². The number of hydrogen-bond donors (Lipinski definition) is 0. The molecule has 0 spiro atoms. The molecule has 120 valence electrons. The minimum Gasteiger partial charge on any atom is -0.493 e. The molecule has 3 heteroatoms. The van der Waals surface area contributed by atoms with Crippen molar-refractivity contribution in [2.24, 2.45) is 5.92 Å². The van der Waals surface area contributed by atoms with Gasteiger partial charge in [0.15, 0.2) is 5.89 Å². The van der Waals surface area contributed by atoms with Gasteiger partial charge in [0.2, 0.25) is 0 Å². The van der Waals surface area contributed by atoms with E-state index in [-0.39, 0.29) is 0 Å². The minimum absolute atomic E-state index is 0.486. The van der Waals surface area contributed by atoms with Crippen molar-refractivity contribution >= 4 is 0 Å². The van der Waals surface area contributed by atoms with Crippen molar-refractivity contribution in [3.63, 3.8) is 0 Å². The first-order chi connectivity index (χ1) is 11.3. The van der Waals surface area contributed by atoms with Crippen LogP contribution in [0.2, 0.25) is 0 Å². The summed E-state index contributed by atoms with van der Waals surface area (Å²) in [6.45, 7) is 2.57. The zero-order valence-corrected chi connectivity index (χ0v) is 13.6. The normalized spacial score (nSPS) is 21.8. The zero-order valence-electron chi connectivity index (χ0n) is 13.6. The van der Waals surface area contributed by atoms with Crippen molar-refractivity contribution in [2.75, 3.05) is 0 Å². The Labute approximate surface area is 137 Å². The first-order valence-corrected chi connectivity index (χ1v) is 8.23. The number of nitrogens with zero attached hydrogens (tertiary/aromatic N) is 1. The quantitative estimate of drug-likeness (QED) is 0.730. The zero-order chi connectivity index (χ0) is 15.9. The fourth-order valence-corrected chi connectivity index (χ4v) is 2.77. The lowest BCUT2D eigenvalue weighted by Crippen LogP contribution is -2.04. The molecule has 0 bridgehead atoms. The van der Waals surface area contributed by atoms with Crippen LogP contribution in [0.15, 0.2) is 64.9 Å². The van der Waals surface area contributed by atoms with E-state index in [0.717, 1.165) is 43.1 Å². The van der Waals surface area contributed by atoms with E-state index >= 15 is 0 Å². The number of oxazole rings is 1. The lowest BCUT2D eigenvalue weighted by Gasteiger charge is -2.15. The molecular formula is C20H23NO2. The first kappa shape index (κ1) is 15.6. The summed E-state index contributed by atoms with van der Waals surface area (Å²) in [5.41, 5.74) is 1.21. The maximum absolute atomic E-state index is 5.94. The molecule has 0 fully saturated rings. The highest BCUT2D eigenvalue weighted by atomic mass is 16.5. The molecule has 0 amide bonds. The van der Waals surface area contributed by atoms with E-state index in [4.69, 9.17) is 9.15 Å². The van der Waals surface area contributed by atoms with Gasteiger partial charge in [-0.15, -0.1) is 0 Å². The summed E-state index contributed by atoms with van der Waals surface area (Å²) in [7, 11) is 0. The smallest absolute Gasteiger partial charge is 0.194 e. The third-order valence-corrected chi connectivity index (χ3v) is 4.01. The summed E-state index contributed by atoms with van der Waals surface area (Å²) in [6, 6.07) is 10.3. The van der Waals surface area contributed by atoms with Crippen LogP contribution < -0.4 is 0 Å². The molecule has 0 saturated heterocycles. The van der Waals surface area contributed by atoms with Crippen molar-refractivity contribution in [1.82, 2.24) is 4.98 Å². The maximum atomic E-state index is 5.94. The summed E-state index contributed by atoms with van der Waals surface area (Å²) < 4.78 is 11.5. The van der Waals surface area contributed by atoms with E-state index in [1.165, 1.54) is 5.56 Å². The fourth-order valence-electron chi connectivity index (χ4n) is 2.77. The molecule has 23 heavy (non-hydrogen) atoms. The summed E-state index contributed by atoms with van der Waals surface area (Å²) in [6.07, 6.45) is 12.3. The van der Waals surface area contributed by atoms with E-state index < -0.39 is 0 Å². The molecule has 0 radical (unpaired) electrons. The predicted molar refractivity (Wildman–Crippen MR) is 90.7 cm³/mol. The first-order valence-electron chi connectivity index (χ1n) is 8.23. The fraction of sp³-hybridized carbons (Fsp3) is 0.350. The van der Waals surface area contributed by atoms with Gasteiger partial charge in [-0.1, -0.05) is 42.5 Å². The largest absolute Gasteiger partial charge is 0.493 e. The van der Waals surface area contributed by atoms with Gasteiger partial charge < -0.3 is 9.15 Å². The van der Waals surface area contributed by atoms with Gasteiger partial charge in [-0.2, -0.15) is 0 Å². The van der Waals surface area contributed by atoms with Gasteiger partial charge >= 0.3 is 0 Å². The number of benzene rings is 1. The Morgan fingerprint density at radius 2 is 2.13 bits per heavy atom. The summed E-state index contributed by atoms with van der Waals surface area (Å²) in [5, 5.41) is 0. The van der Waals surface area contributed by atoms with Gasteiger partial charge in [-0.05, 0) is 37.3 Å². The Hall–Kier alpha value is -2.29. The Kier molecular flexibility index (Phi) is 5.30. The topological polar surface area (TPSA) is 35.3 Å². The highest BCUT2D eigenvalue weighted by molar-refractivity contribution is 5.14. The number of aromatic nitrogens is 1. The lowest BCUT2D eigenvalue weighted by atomic mass is 9.96. The van der Waals surface area contributed by atoms with Gasteiger partial charge in [0, 0.05) is 12.8 Å². The number of rotatable bonds is 5. The van der Waals surface area contributed by atoms with E-state index in [1.807, 2.05) is 25.1 Å². The second-order valence-electron chi connectivity index (χ2n) is 5.98. The molecule has 2 aromatic rings. The van der Waals surface area contributed by atoms with Crippen molar-refractivity contribution < 1.29 is 9.15 Å². The van der Waals surface area contributed by atoms with Gasteiger partial charge in [0.05, 0.1) is 12.0 Å². The van der Waals surface area contributed by atoms with E-state index in [2.05, 4.69) is 35.3 Å². The van der Waals surface area contributed by atoms with Gasteiger partial charge in [-0.25, -0.2) is 4.98 Å². The summed E-state index contributed by atoms with van der Waals surface area (Å²) >= 11 is 0. The Balaban J connectivity index is 1.50. The van der Waals surface area contributed by atoms with Crippen LogP contribution in [0.1, 0.15) is 36.5 Å². The lowest BCUT2D eigenvalue weighted by molar-refractivity contribution is 0.192. The number of allylic oxidation sites excluding steroid dienone is 3. The third-order valence-electron chi connectivity index (χ3n) is 4.01. The van der Waals surface area contributed by atoms with Crippen LogP contribution in [-0.4, -0.2) is 4.98 Å². The number of ether oxygens (including phenoxy) is 1. The van der Waals surface area contributed by atoms with Crippen molar-refractivity contribution in [1.29, 1.82) is 0 Å². The third kappa shape index (κ3) is 4.85. The standard InChI is InChI=1S/C20H23NO2/c1-16-14-21-20(23-16)13-17-9-5-11-19(12-6-10-17)22-15-18-7-3-2-4-8-18/h2-5,7-9,12,14,17H,6,10-11,13,15H2,1H3/b9-5-,19-12+. The Morgan fingerprint density at radius 3 is 2.91 bits per heavy atom. The highest BCUT2D eigenvalue weighted by Crippen LogP contribution is 2.21. The van der Waals surface area contributed by atoms with Crippen molar-refractivity contribution in [3.8, 4) is 0 Å². The SMILES string of the molecule is Cc1cnc(CC2/C=C\C/C(OCc3ccccc3)=C\CC2)o1. The van der Waals surface area contributed by atoms with E-state index in [1.54, 1.807) is 6.20 Å². The van der Waals surface area contributed by atoms with Crippen LogP contribution >= 0.6 is 0 Å². The molecule has 1 aromatic heterocycles. The van der Waals surface area contributed by atoms with E-state index in [9.17, 15) is 0 Å². The molecule has 0 saturated carbocycles. The molecule has 1 aliphatic rings. The second-order valence-corrected chi connectivity index (χ2v) is 5.98. The molecule has 3 nitrogen and oxygen atoms in total. The van der Waals surface area contributed by atoms with Gasteiger partial charge in [0.1, 0.15) is 12.4 Å². The molecule has 1 heterocycles. The van der Waals surface area contributed by atoms with Crippen LogP contribution in [0.5, 0.6) is 0 Å². The van der Waals surface area contributed by atoms with E-state index in [0.29, 0.717) is 12.5 Å². The summed E-state index contributed by atoms with van der Waals surface area (Å²) in [4.78, 5) is 4.30. The highest BCUT2D eigenvalue weighted by Gasteiger charge is 2.12. The minimum atomic E-state index is 0.486. The average Bonchev–Trinajstić information content (AvgIpc) is 2.95. The van der Waals surface area contributed by atoms with Crippen LogP contribution in [0, 0.1) is 12.8 Å².